The highest BCUT2D eigenvalue weighted by atomic mass is 32.1. The van der Waals surface area contributed by atoms with E-state index in [2.05, 4.69) is 39.1 Å². The molecule has 0 radical (unpaired) electrons. The maximum atomic E-state index is 4.42. The highest BCUT2D eigenvalue weighted by Crippen LogP contribution is 2.56. The Morgan fingerprint density at radius 2 is 2.17 bits per heavy atom. The normalized spacial score (nSPS) is 23.7. The van der Waals surface area contributed by atoms with Crippen molar-refractivity contribution in [1.82, 2.24) is 19.8 Å². The maximum absolute atomic E-state index is 4.42. The van der Waals surface area contributed by atoms with E-state index in [1.807, 2.05) is 23.7 Å². The Morgan fingerprint density at radius 1 is 1.35 bits per heavy atom. The molecular weight excluding hydrogens is 324 g/mol. The topological polar surface area (TPSA) is 32.3 Å². The van der Waals surface area contributed by atoms with Crippen molar-refractivity contribution in [2.24, 2.45) is 5.41 Å². The van der Waals surface area contributed by atoms with Crippen molar-refractivity contribution in [1.29, 1.82) is 0 Å². The van der Waals surface area contributed by atoms with E-state index in [0.717, 1.165) is 19.1 Å². The highest BCUT2D eigenvalue weighted by molar-refractivity contribution is 7.11. The van der Waals surface area contributed by atoms with Crippen molar-refractivity contribution < 1.29 is 0 Å². The van der Waals surface area contributed by atoms with Gasteiger partial charge >= 0.3 is 0 Å². The zero-order chi connectivity index (χ0) is 15.9. The van der Waals surface area contributed by atoms with Gasteiger partial charge in [0.25, 0.3) is 0 Å². The van der Waals surface area contributed by atoms with Crippen LogP contribution in [-0.2, 0) is 13.1 Å². The molecule has 1 unspecified atom stereocenters. The summed E-state index contributed by atoms with van der Waals surface area (Å²) in [6.45, 7) is 6.65. The van der Waals surface area contributed by atoms with Gasteiger partial charge in [-0.1, -0.05) is 0 Å². The zero-order valence-electron chi connectivity index (χ0n) is 13.9. The van der Waals surface area contributed by atoms with Crippen LogP contribution in [0.5, 0.6) is 0 Å². The minimum absolute atomic E-state index is 0.589. The molecule has 4 nitrogen and oxygen atoms in total. The van der Waals surface area contributed by atoms with Gasteiger partial charge in [-0.2, -0.15) is 0 Å². The van der Waals surface area contributed by atoms with Gasteiger partial charge in [0.15, 0.2) is 0 Å². The van der Waals surface area contributed by atoms with Gasteiger partial charge < -0.3 is 0 Å². The lowest BCUT2D eigenvalue weighted by atomic mass is 9.92. The first-order valence-corrected chi connectivity index (χ1v) is 10.1. The van der Waals surface area contributed by atoms with Crippen LogP contribution in [0.15, 0.2) is 17.8 Å². The number of hydrogen-bond donors (Lipinski definition) is 0. The molecule has 0 bridgehead atoms. The number of aryl methyl sites for hydroxylation is 1. The van der Waals surface area contributed by atoms with E-state index in [1.54, 1.807) is 11.3 Å². The number of aromatic nitrogens is 2. The van der Waals surface area contributed by atoms with E-state index < -0.39 is 0 Å². The molecule has 1 aliphatic carbocycles. The molecule has 0 N–H and O–H groups in total. The quantitative estimate of drug-likeness (QED) is 0.829. The number of hydrogen-bond acceptors (Lipinski definition) is 6. The van der Waals surface area contributed by atoms with E-state index in [0.29, 0.717) is 5.41 Å². The Morgan fingerprint density at radius 3 is 2.83 bits per heavy atom. The molecule has 1 spiro atoms. The van der Waals surface area contributed by atoms with E-state index in [1.165, 1.54) is 47.2 Å². The van der Waals surface area contributed by atoms with Crippen LogP contribution in [0, 0.1) is 12.3 Å². The van der Waals surface area contributed by atoms with Gasteiger partial charge in [-0.05, 0) is 51.7 Å². The van der Waals surface area contributed by atoms with Crippen LogP contribution in [-0.4, -0.2) is 45.9 Å². The summed E-state index contributed by atoms with van der Waals surface area (Å²) in [5, 5.41) is 4.50. The predicted molar refractivity (Wildman–Crippen MR) is 95.8 cm³/mol. The molecule has 2 aromatic rings. The molecule has 1 saturated carbocycles. The average Bonchev–Trinajstić information content (AvgIpc) is 2.88. The zero-order valence-corrected chi connectivity index (χ0v) is 15.5. The van der Waals surface area contributed by atoms with E-state index >= 15 is 0 Å². The van der Waals surface area contributed by atoms with Crippen LogP contribution in [0.1, 0.15) is 34.2 Å². The molecule has 1 aliphatic heterocycles. The smallest absolute Gasteiger partial charge is 0.107 e. The summed E-state index contributed by atoms with van der Waals surface area (Å²) in [6.07, 6.45) is 8.03. The summed E-state index contributed by atoms with van der Waals surface area (Å²) in [5.41, 5.74) is 0.589. The highest BCUT2D eigenvalue weighted by Gasteiger charge is 2.56. The molecule has 1 atom stereocenters. The lowest BCUT2D eigenvalue weighted by Crippen LogP contribution is -2.37. The average molecular weight is 349 g/mol. The van der Waals surface area contributed by atoms with Crippen molar-refractivity contribution in [3.63, 3.8) is 0 Å². The molecule has 0 amide bonds. The minimum Gasteiger partial charge on any atom is -0.298 e. The van der Waals surface area contributed by atoms with Gasteiger partial charge in [-0.25, -0.2) is 9.97 Å². The van der Waals surface area contributed by atoms with Gasteiger partial charge in [0.1, 0.15) is 5.01 Å². The van der Waals surface area contributed by atoms with Gasteiger partial charge in [-0.3, -0.25) is 9.80 Å². The first-order valence-electron chi connectivity index (χ1n) is 8.37. The summed E-state index contributed by atoms with van der Waals surface area (Å²) in [7, 11) is 2.27. The van der Waals surface area contributed by atoms with Gasteiger partial charge in [0, 0.05) is 35.2 Å². The van der Waals surface area contributed by atoms with Crippen molar-refractivity contribution in [2.75, 3.05) is 20.1 Å². The third-order valence-electron chi connectivity index (χ3n) is 5.45. The van der Waals surface area contributed by atoms with Crippen molar-refractivity contribution in [3.05, 3.63) is 32.7 Å². The fourth-order valence-corrected chi connectivity index (χ4v) is 5.51. The number of thiazole rings is 2. The maximum Gasteiger partial charge on any atom is 0.107 e. The van der Waals surface area contributed by atoms with E-state index in [9.17, 15) is 0 Å². The Hall–Kier alpha value is -0.820. The summed E-state index contributed by atoms with van der Waals surface area (Å²) in [4.78, 5) is 15.3. The van der Waals surface area contributed by atoms with E-state index in [4.69, 9.17) is 0 Å². The fraction of sp³-hybridized carbons (Fsp3) is 0.647. The van der Waals surface area contributed by atoms with E-state index in [-0.39, 0.29) is 0 Å². The standard InChI is InChI=1S/C17H24N4S2/c1-13-19-10-14(23-13)11-21-6-3-17(4-7-21)9-15(17)20(2)12-16-18-5-8-22-16/h5,8,10,15H,3-4,6-7,9,11-12H2,1-2H3. The van der Waals surface area contributed by atoms with Crippen LogP contribution in [0.25, 0.3) is 0 Å². The molecular formula is C17H24N4S2. The molecule has 2 aromatic heterocycles. The van der Waals surface area contributed by atoms with Gasteiger partial charge in [0.05, 0.1) is 11.6 Å². The number of rotatable bonds is 5. The van der Waals surface area contributed by atoms with Crippen LogP contribution in [0.4, 0.5) is 0 Å². The Bertz CT molecular complexity index is 643. The lowest BCUT2D eigenvalue weighted by molar-refractivity contribution is 0.140. The largest absolute Gasteiger partial charge is 0.298 e. The first kappa shape index (κ1) is 15.7. The first-order chi connectivity index (χ1) is 11.1. The summed E-state index contributed by atoms with van der Waals surface area (Å²) in [6, 6.07) is 0.763. The molecule has 6 heteroatoms. The molecule has 3 heterocycles. The molecule has 2 aliphatic rings. The van der Waals surface area contributed by atoms with Gasteiger partial charge in [-0.15, -0.1) is 22.7 Å². The third kappa shape index (κ3) is 3.36. The Balaban J connectivity index is 1.28. The molecule has 0 aromatic carbocycles. The number of likely N-dealkylation sites (tertiary alicyclic amines) is 1. The van der Waals surface area contributed by atoms with Crippen LogP contribution < -0.4 is 0 Å². The second-order valence-electron chi connectivity index (χ2n) is 7.04. The summed E-state index contributed by atoms with van der Waals surface area (Å²) >= 11 is 3.61. The third-order valence-corrected chi connectivity index (χ3v) is 7.11. The number of piperidine rings is 1. The van der Waals surface area contributed by atoms with Crippen LogP contribution >= 0.6 is 22.7 Å². The lowest BCUT2D eigenvalue weighted by Gasteiger charge is -2.33. The summed E-state index contributed by atoms with van der Waals surface area (Å²) < 4.78 is 0. The predicted octanol–water partition coefficient (Wildman–Crippen LogP) is 3.39. The molecule has 4 rings (SSSR count). The molecule has 2 fully saturated rings. The fourth-order valence-electron chi connectivity index (χ4n) is 4.00. The monoisotopic (exact) mass is 348 g/mol. The van der Waals surface area contributed by atoms with Crippen molar-refractivity contribution in [3.8, 4) is 0 Å². The second-order valence-corrected chi connectivity index (χ2v) is 9.34. The molecule has 1 saturated heterocycles. The van der Waals surface area contributed by atoms with Gasteiger partial charge in [0.2, 0.25) is 0 Å². The van der Waals surface area contributed by atoms with Crippen LogP contribution in [0.3, 0.4) is 0 Å². The Labute approximate surface area is 146 Å². The Kier molecular flexibility index (Phi) is 4.26. The number of nitrogens with zero attached hydrogens (tertiary/aromatic N) is 4. The second kappa shape index (κ2) is 6.24. The SMILES string of the molecule is Cc1ncc(CN2CCC3(CC2)CC3N(C)Cc2nccs2)s1. The van der Waals surface area contributed by atoms with Crippen molar-refractivity contribution >= 4 is 22.7 Å². The van der Waals surface area contributed by atoms with Crippen molar-refractivity contribution in [2.45, 2.75) is 45.3 Å². The molecule has 124 valence electrons. The van der Waals surface area contributed by atoms with Crippen LogP contribution in [0.2, 0.25) is 0 Å². The summed E-state index contributed by atoms with van der Waals surface area (Å²) in [5.74, 6) is 0. The molecule has 23 heavy (non-hydrogen) atoms. The minimum atomic E-state index is 0.589.